The van der Waals surface area contributed by atoms with Crippen molar-refractivity contribution in [2.24, 2.45) is 0 Å². The molecule has 1 unspecified atom stereocenters. The number of carboxylic acid groups (broad SMARTS) is 1. The van der Waals surface area contributed by atoms with E-state index in [0.717, 1.165) is 5.69 Å². The molecule has 1 aliphatic heterocycles. The molecule has 0 saturated carbocycles. The van der Waals surface area contributed by atoms with Crippen molar-refractivity contribution in [3.63, 3.8) is 0 Å². The topological polar surface area (TPSA) is 84.7 Å². The van der Waals surface area contributed by atoms with Gasteiger partial charge < -0.3 is 14.7 Å². The van der Waals surface area contributed by atoms with E-state index in [9.17, 15) is 9.59 Å². The number of hydrogen-bond donors (Lipinski definition) is 1. The fourth-order valence-electron chi connectivity index (χ4n) is 2.64. The lowest BCUT2D eigenvalue weighted by Gasteiger charge is -2.34. The molecule has 2 aromatic rings. The second-order valence-electron chi connectivity index (χ2n) is 5.32. The van der Waals surface area contributed by atoms with Crippen molar-refractivity contribution in [3.8, 4) is 5.69 Å². The van der Waals surface area contributed by atoms with E-state index < -0.39 is 12.0 Å². The third-order valence-electron chi connectivity index (χ3n) is 3.78. The van der Waals surface area contributed by atoms with Gasteiger partial charge in [0.1, 0.15) is 0 Å². The highest BCUT2D eigenvalue weighted by molar-refractivity contribution is 5.95. The van der Waals surface area contributed by atoms with Crippen LogP contribution in [-0.2, 0) is 9.53 Å². The first kappa shape index (κ1) is 15.2. The van der Waals surface area contributed by atoms with E-state index in [4.69, 9.17) is 9.84 Å². The van der Waals surface area contributed by atoms with Crippen LogP contribution >= 0.6 is 0 Å². The molecule has 1 aromatic heterocycles. The molecule has 1 aromatic carbocycles. The molecule has 3 rings (SSSR count). The van der Waals surface area contributed by atoms with Crippen molar-refractivity contribution < 1.29 is 19.4 Å². The van der Waals surface area contributed by atoms with E-state index in [1.807, 2.05) is 24.4 Å². The zero-order chi connectivity index (χ0) is 16.2. The maximum Gasteiger partial charge on any atom is 0.305 e. The highest BCUT2D eigenvalue weighted by Crippen LogP contribution is 2.16. The van der Waals surface area contributed by atoms with Crippen molar-refractivity contribution in [2.75, 3.05) is 19.8 Å². The Balaban J connectivity index is 1.77. The molecule has 7 nitrogen and oxygen atoms in total. The Morgan fingerprint density at radius 2 is 2.09 bits per heavy atom. The van der Waals surface area contributed by atoms with Gasteiger partial charge in [-0.05, 0) is 30.3 Å². The Bertz CT molecular complexity index is 682. The van der Waals surface area contributed by atoms with E-state index in [0.29, 0.717) is 18.7 Å². The van der Waals surface area contributed by atoms with Crippen LogP contribution in [0.15, 0.2) is 42.7 Å². The summed E-state index contributed by atoms with van der Waals surface area (Å²) in [4.78, 5) is 25.2. The zero-order valence-electron chi connectivity index (χ0n) is 12.5. The van der Waals surface area contributed by atoms with Gasteiger partial charge in [-0.15, -0.1) is 0 Å². The van der Waals surface area contributed by atoms with E-state index >= 15 is 0 Å². The molecular weight excluding hydrogens is 298 g/mol. The first-order valence-corrected chi connectivity index (χ1v) is 7.36. The Hall–Kier alpha value is -2.67. The van der Waals surface area contributed by atoms with Crippen molar-refractivity contribution in [1.82, 2.24) is 14.7 Å². The van der Waals surface area contributed by atoms with Gasteiger partial charge in [-0.3, -0.25) is 9.59 Å². The van der Waals surface area contributed by atoms with Gasteiger partial charge in [-0.1, -0.05) is 0 Å². The summed E-state index contributed by atoms with van der Waals surface area (Å²) < 4.78 is 7.00. The average molecular weight is 315 g/mol. The number of nitrogens with zero attached hydrogens (tertiary/aromatic N) is 3. The van der Waals surface area contributed by atoms with Gasteiger partial charge in [-0.2, -0.15) is 5.10 Å². The number of benzene rings is 1. The first-order chi connectivity index (χ1) is 11.1. The van der Waals surface area contributed by atoms with Gasteiger partial charge in [0, 0.05) is 24.5 Å². The van der Waals surface area contributed by atoms with E-state index in [1.165, 1.54) is 0 Å². The molecule has 0 radical (unpaired) electrons. The number of morpholine rings is 1. The standard InChI is InChI=1S/C16H17N3O4/c20-15(21)10-14-11-23-9-8-18(14)16(22)12-2-4-13(5-3-12)19-7-1-6-17-19/h1-7,14H,8-11H2,(H,20,21). The largest absolute Gasteiger partial charge is 0.481 e. The molecule has 0 bridgehead atoms. The molecule has 0 aliphatic carbocycles. The number of rotatable bonds is 4. The molecule has 1 saturated heterocycles. The second kappa shape index (κ2) is 6.62. The van der Waals surface area contributed by atoms with E-state index in [2.05, 4.69) is 5.10 Å². The number of carbonyl (C=O) groups is 2. The Labute approximate surface area is 133 Å². The van der Waals surface area contributed by atoms with E-state index in [1.54, 1.807) is 27.9 Å². The van der Waals surface area contributed by atoms with Gasteiger partial charge >= 0.3 is 5.97 Å². The SMILES string of the molecule is O=C(O)CC1COCCN1C(=O)c1ccc(-n2cccn2)cc1. The van der Waals surface area contributed by atoms with Gasteiger partial charge in [-0.25, -0.2) is 4.68 Å². The van der Waals surface area contributed by atoms with Crippen LogP contribution in [0.1, 0.15) is 16.8 Å². The minimum Gasteiger partial charge on any atom is -0.481 e. The van der Waals surface area contributed by atoms with Gasteiger partial charge in [0.25, 0.3) is 5.91 Å². The normalized spacial score (nSPS) is 17.9. The molecule has 2 heterocycles. The Morgan fingerprint density at radius 1 is 1.30 bits per heavy atom. The summed E-state index contributed by atoms with van der Waals surface area (Å²) in [6.45, 7) is 1.08. The fourth-order valence-corrected chi connectivity index (χ4v) is 2.64. The monoisotopic (exact) mass is 315 g/mol. The minimum absolute atomic E-state index is 0.114. The van der Waals surface area contributed by atoms with Crippen LogP contribution in [0.2, 0.25) is 0 Å². The summed E-state index contributed by atoms with van der Waals surface area (Å²) in [5.41, 5.74) is 1.38. The lowest BCUT2D eigenvalue weighted by molar-refractivity contribution is -0.139. The number of carbonyl (C=O) groups excluding carboxylic acids is 1. The third kappa shape index (κ3) is 3.40. The molecule has 1 fully saturated rings. The highest BCUT2D eigenvalue weighted by atomic mass is 16.5. The Kier molecular flexibility index (Phi) is 4.38. The van der Waals surface area contributed by atoms with Crippen LogP contribution in [0, 0.1) is 0 Å². The Morgan fingerprint density at radius 3 is 2.74 bits per heavy atom. The maximum absolute atomic E-state index is 12.6. The van der Waals surface area contributed by atoms with Crippen LogP contribution in [0.5, 0.6) is 0 Å². The molecule has 0 spiro atoms. The third-order valence-corrected chi connectivity index (χ3v) is 3.78. The van der Waals surface area contributed by atoms with Gasteiger partial charge in [0.15, 0.2) is 0 Å². The van der Waals surface area contributed by atoms with Crippen LogP contribution in [0.4, 0.5) is 0 Å². The van der Waals surface area contributed by atoms with E-state index in [-0.39, 0.29) is 18.9 Å². The van der Waals surface area contributed by atoms with Crippen LogP contribution < -0.4 is 0 Å². The van der Waals surface area contributed by atoms with Gasteiger partial charge in [0.2, 0.25) is 0 Å². The van der Waals surface area contributed by atoms with Crippen LogP contribution in [0.25, 0.3) is 5.69 Å². The molecule has 23 heavy (non-hydrogen) atoms. The number of amides is 1. The summed E-state index contributed by atoms with van der Waals surface area (Å²) >= 11 is 0. The summed E-state index contributed by atoms with van der Waals surface area (Å²) in [6, 6.07) is 8.47. The number of ether oxygens (including phenoxy) is 1. The lowest BCUT2D eigenvalue weighted by atomic mass is 10.1. The molecule has 1 N–H and O–H groups in total. The van der Waals surface area contributed by atoms with Crippen LogP contribution in [0.3, 0.4) is 0 Å². The smallest absolute Gasteiger partial charge is 0.305 e. The zero-order valence-corrected chi connectivity index (χ0v) is 12.5. The predicted molar refractivity (Wildman–Crippen MR) is 81.5 cm³/mol. The second-order valence-corrected chi connectivity index (χ2v) is 5.32. The average Bonchev–Trinajstić information content (AvgIpc) is 3.09. The molecule has 1 amide bonds. The number of aliphatic carboxylic acids is 1. The summed E-state index contributed by atoms with van der Waals surface area (Å²) in [7, 11) is 0. The fraction of sp³-hybridized carbons (Fsp3) is 0.312. The summed E-state index contributed by atoms with van der Waals surface area (Å²) in [6.07, 6.45) is 3.39. The predicted octanol–water partition coefficient (Wildman–Crippen LogP) is 1.19. The van der Waals surface area contributed by atoms with Crippen molar-refractivity contribution in [3.05, 3.63) is 48.3 Å². The molecular formula is C16H17N3O4. The van der Waals surface area contributed by atoms with Crippen molar-refractivity contribution in [2.45, 2.75) is 12.5 Å². The van der Waals surface area contributed by atoms with Crippen molar-refractivity contribution in [1.29, 1.82) is 0 Å². The molecule has 120 valence electrons. The first-order valence-electron chi connectivity index (χ1n) is 7.36. The summed E-state index contributed by atoms with van der Waals surface area (Å²) in [5, 5.41) is 13.1. The molecule has 7 heteroatoms. The highest BCUT2D eigenvalue weighted by Gasteiger charge is 2.29. The number of hydrogen-bond acceptors (Lipinski definition) is 4. The van der Waals surface area contributed by atoms with Crippen LogP contribution in [-0.4, -0.2) is 57.5 Å². The maximum atomic E-state index is 12.6. The molecule has 1 aliphatic rings. The minimum atomic E-state index is -0.938. The lowest BCUT2D eigenvalue weighted by Crippen LogP contribution is -2.49. The number of carboxylic acids is 1. The van der Waals surface area contributed by atoms with Crippen molar-refractivity contribution >= 4 is 11.9 Å². The number of aromatic nitrogens is 2. The molecule has 1 atom stereocenters. The quantitative estimate of drug-likeness (QED) is 0.916. The van der Waals surface area contributed by atoms with Gasteiger partial charge in [0.05, 0.1) is 31.4 Å². The summed E-state index contributed by atoms with van der Waals surface area (Å²) in [5.74, 6) is -1.11.